The van der Waals surface area contributed by atoms with Crippen LogP contribution in [0.2, 0.25) is 0 Å². The van der Waals surface area contributed by atoms with Crippen LogP contribution in [0.3, 0.4) is 0 Å². The van der Waals surface area contributed by atoms with Crippen molar-refractivity contribution in [3.05, 3.63) is 15.8 Å². The molecule has 0 saturated heterocycles. The highest BCUT2D eigenvalue weighted by Gasteiger charge is 2.41. The molecule has 0 unspecified atom stereocenters. The van der Waals surface area contributed by atoms with Crippen LogP contribution in [-0.4, -0.2) is 22.0 Å². The van der Waals surface area contributed by atoms with E-state index in [-0.39, 0.29) is 5.41 Å². The highest BCUT2D eigenvalue weighted by Crippen LogP contribution is 2.48. The van der Waals surface area contributed by atoms with Crippen LogP contribution in [-0.2, 0) is 16.6 Å². The minimum Gasteiger partial charge on any atom is -0.315 e. The van der Waals surface area contributed by atoms with Gasteiger partial charge in [-0.1, -0.05) is 6.92 Å². The van der Waals surface area contributed by atoms with Gasteiger partial charge in [0.2, 0.25) is 10.0 Å². The van der Waals surface area contributed by atoms with Crippen LogP contribution in [0.15, 0.2) is 10.3 Å². The molecule has 0 spiro atoms. The summed E-state index contributed by atoms with van der Waals surface area (Å²) >= 11 is 1.50. The predicted octanol–water partition coefficient (Wildman–Crippen LogP) is 2.24. The molecule has 4 nitrogen and oxygen atoms in total. The van der Waals surface area contributed by atoms with Crippen molar-refractivity contribution in [1.82, 2.24) is 10.0 Å². The first-order valence-corrected chi connectivity index (χ1v) is 9.01. The molecule has 2 rings (SSSR count). The van der Waals surface area contributed by atoms with Crippen LogP contribution in [0.5, 0.6) is 0 Å². The topological polar surface area (TPSA) is 58.2 Å². The monoisotopic (exact) mass is 302 g/mol. The highest BCUT2D eigenvalue weighted by atomic mass is 32.2. The molecule has 6 heteroatoms. The van der Waals surface area contributed by atoms with Gasteiger partial charge >= 0.3 is 0 Å². The Balaban J connectivity index is 2.17. The first-order chi connectivity index (χ1) is 8.94. The third kappa shape index (κ3) is 3.18. The maximum atomic E-state index is 12.5. The van der Waals surface area contributed by atoms with Crippen molar-refractivity contribution in [3.8, 4) is 0 Å². The second-order valence-electron chi connectivity index (χ2n) is 5.38. The molecular weight excluding hydrogens is 280 g/mol. The van der Waals surface area contributed by atoms with E-state index < -0.39 is 10.0 Å². The molecule has 0 radical (unpaired) electrons. The fourth-order valence-corrected chi connectivity index (χ4v) is 5.26. The fraction of sp³-hybridized carbons (Fsp3) is 0.692. The Morgan fingerprint density at radius 2 is 2.11 bits per heavy atom. The summed E-state index contributed by atoms with van der Waals surface area (Å²) < 4.78 is 27.7. The Hall–Kier alpha value is -0.430. The van der Waals surface area contributed by atoms with Gasteiger partial charge < -0.3 is 5.32 Å². The quantitative estimate of drug-likeness (QED) is 0.812. The zero-order chi connectivity index (χ0) is 14.1. The molecule has 0 bridgehead atoms. The van der Waals surface area contributed by atoms with Crippen LogP contribution >= 0.6 is 11.3 Å². The smallest absolute Gasteiger partial charge is 0.242 e. The third-order valence-electron chi connectivity index (χ3n) is 3.94. The van der Waals surface area contributed by atoms with Gasteiger partial charge in [0.15, 0.2) is 0 Å². The van der Waals surface area contributed by atoms with Crippen LogP contribution in [0.1, 0.15) is 36.6 Å². The zero-order valence-electron chi connectivity index (χ0n) is 11.7. The van der Waals surface area contributed by atoms with Gasteiger partial charge in [-0.05, 0) is 49.6 Å². The summed E-state index contributed by atoms with van der Waals surface area (Å²) in [5.41, 5.74) is 1.06. The van der Waals surface area contributed by atoms with Gasteiger partial charge in [0.25, 0.3) is 0 Å². The molecule has 1 heterocycles. The Labute approximate surface area is 119 Å². The molecule has 19 heavy (non-hydrogen) atoms. The van der Waals surface area contributed by atoms with Gasteiger partial charge in [0.1, 0.15) is 4.90 Å². The van der Waals surface area contributed by atoms with E-state index in [2.05, 4.69) is 17.0 Å². The maximum absolute atomic E-state index is 12.5. The highest BCUT2D eigenvalue weighted by molar-refractivity contribution is 7.89. The molecule has 1 aromatic rings. The summed E-state index contributed by atoms with van der Waals surface area (Å²) in [5.74, 6) is 0. The molecule has 1 aliphatic rings. The minimum absolute atomic E-state index is 0.222. The van der Waals surface area contributed by atoms with Crippen molar-refractivity contribution in [2.45, 2.75) is 44.6 Å². The first-order valence-electron chi connectivity index (χ1n) is 6.65. The van der Waals surface area contributed by atoms with Crippen LogP contribution in [0.4, 0.5) is 0 Å². The summed E-state index contributed by atoms with van der Waals surface area (Å²) in [4.78, 5) is 1.35. The van der Waals surface area contributed by atoms with Crippen molar-refractivity contribution in [1.29, 1.82) is 0 Å². The van der Waals surface area contributed by atoms with Crippen molar-refractivity contribution in [3.63, 3.8) is 0 Å². The van der Waals surface area contributed by atoms with E-state index in [1.165, 1.54) is 11.3 Å². The second kappa shape index (κ2) is 5.52. The minimum atomic E-state index is -3.38. The fourth-order valence-electron chi connectivity index (χ4n) is 2.28. The summed E-state index contributed by atoms with van der Waals surface area (Å²) in [6.07, 6.45) is 3.32. The zero-order valence-corrected chi connectivity index (χ0v) is 13.4. The van der Waals surface area contributed by atoms with Crippen molar-refractivity contribution in [2.24, 2.45) is 5.41 Å². The van der Waals surface area contributed by atoms with E-state index in [1.807, 2.05) is 19.4 Å². The molecule has 0 amide bonds. The van der Waals surface area contributed by atoms with E-state index in [0.717, 1.165) is 29.7 Å². The number of sulfonamides is 1. The van der Waals surface area contributed by atoms with Gasteiger partial charge in [0.05, 0.1) is 0 Å². The third-order valence-corrected chi connectivity index (χ3v) is 6.80. The van der Waals surface area contributed by atoms with Gasteiger partial charge in [-0.2, -0.15) is 0 Å². The Kier molecular flexibility index (Phi) is 4.35. The molecule has 1 saturated carbocycles. The maximum Gasteiger partial charge on any atom is 0.242 e. The van der Waals surface area contributed by atoms with Crippen LogP contribution in [0.25, 0.3) is 0 Å². The van der Waals surface area contributed by atoms with Crippen molar-refractivity contribution in [2.75, 3.05) is 13.6 Å². The normalized spacial score (nSPS) is 17.6. The molecule has 0 aliphatic heterocycles. The lowest BCUT2D eigenvalue weighted by Gasteiger charge is -2.14. The Morgan fingerprint density at radius 3 is 2.63 bits per heavy atom. The van der Waals surface area contributed by atoms with Gasteiger partial charge in [0, 0.05) is 18.0 Å². The predicted molar refractivity (Wildman–Crippen MR) is 79.0 cm³/mol. The average molecular weight is 302 g/mol. The van der Waals surface area contributed by atoms with Gasteiger partial charge in [-0.3, -0.25) is 0 Å². The molecule has 1 aromatic heterocycles. The number of aryl methyl sites for hydroxylation is 1. The average Bonchev–Trinajstić information content (AvgIpc) is 3.06. The number of hydrogen-bond acceptors (Lipinski definition) is 4. The van der Waals surface area contributed by atoms with E-state index in [9.17, 15) is 8.42 Å². The Morgan fingerprint density at radius 1 is 1.42 bits per heavy atom. The van der Waals surface area contributed by atoms with Gasteiger partial charge in [-0.25, -0.2) is 13.1 Å². The molecule has 108 valence electrons. The summed E-state index contributed by atoms with van der Waals surface area (Å²) in [6, 6.07) is 0. The largest absolute Gasteiger partial charge is 0.315 e. The lowest BCUT2D eigenvalue weighted by Crippen LogP contribution is -2.31. The molecule has 0 atom stereocenters. The summed E-state index contributed by atoms with van der Waals surface area (Å²) in [6.45, 7) is 5.15. The van der Waals surface area contributed by atoms with Crippen molar-refractivity contribution >= 4 is 21.4 Å². The molecule has 1 aliphatic carbocycles. The second-order valence-corrected chi connectivity index (χ2v) is 8.05. The Bertz CT molecular complexity index is 545. The molecule has 0 aromatic carbocycles. The van der Waals surface area contributed by atoms with Crippen LogP contribution < -0.4 is 10.0 Å². The first kappa shape index (κ1) is 15.0. The van der Waals surface area contributed by atoms with E-state index in [1.54, 1.807) is 0 Å². The SMILES string of the molecule is CCC1(CNS(=O)(=O)c2c(C)csc2CNC)CC1. The number of rotatable bonds is 7. The van der Waals surface area contributed by atoms with E-state index >= 15 is 0 Å². The molecule has 2 N–H and O–H groups in total. The van der Waals surface area contributed by atoms with E-state index in [4.69, 9.17) is 0 Å². The standard InChI is InChI=1S/C13H22N2O2S2/c1-4-13(5-6-13)9-15-19(16,17)12-10(2)8-18-11(12)7-14-3/h8,14-15H,4-7,9H2,1-3H3. The molecular formula is C13H22N2O2S2. The number of nitrogens with one attached hydrogen (secondary N) is 2. The molecule has 1 fully saturated rings. The lowest BCUT2D eigenvalue weighted by atomic mass is 10.1. The summed E-state index contributed by atoms with van der Waals surface area (Å²) in [5, 5.41) is 4.93. The van der Waals surface area contributed by atoms with Crippen molar-refractivity contribution < 1.29 is 8.42 Å². The van der Waals surface area contributed by atoms with Crippen LogP contribution in [0, 0.1) is 12.3 Å². The number of thiophene rings is 1. The van der Waals surface area contributed by atoms with E-state index in [0.29, 0.717) is 18.0 Å². The van der Waals surface area contributed by atoms with Gasteiger partial charge in [-0.15, -0.1) is 11.3 Å². The number of hydrogen-bond donors (Lipinski definition) is 2. The summed E-state index contributed by atoms with van der Waals surface area (Å²) in [7, 11) is -1.55. The lowest BCUT2D eigenvalue weighted by molar-refractivity contribution is 0.475.